The number of fused-ring (bicyclic) bond motifs is 1. The molecule has 0 spiro atoms. The van der Waals surface area contributed by atoms with Crippen LogP contribution < -0.4 is 11.3 Å². The molecule has 0 aliphatic carbocycles. The lowest BCUT2D eigenvalue weighted by Crippen LogP contribution is -2.35. The molecule has 0 radical (unpaired) electrons. The van der Waals surface area contributed by atoms with E-state index in [1.54, 1.807) is 24.3 Å². The predicted octanol–water partition coefficient (Wildman–Crippen LogP) is 3.55. The summed E-state index contributed by atoms with van der Waals surface area (Å²) in [5.41, 5.74) is 10.8. The van der Waals surface area contributed by atoms with Gasteiger partial charge in [0.25, 0.3) is 11.2 Å². The molecular weight excluding hydrogens is 432 g/mol. The molecule has 1 aliphatic heterocycles. The highest BCUT2D eigenvalue weighted by Crippen LogP contribution is 2.24. The second kappa shape index (κ2) is 8.87. The lowest BCUT2D eigenvalue weighted by atomic mass is 10.1. The highest BCUT2D eigenvalue weighted by atomic mass is 16.6. The van der Waals surface area contributed by atoms with Crippen molar-refractivity contribution < 1.29 is 4.92 Å². The van der Waals surface area contributed by atoms with Crippen molar-refractivity contribution in [2.24, 2.45) is 0 Å². The molecule has 0 saturated carbocycles. The fourth-order valence-electron chi connectivity index (χ4n) is 4.13. The average molecular weight is 454 g/mol. The van der Waals surface area contributed by atoms with Crippen LogP contribution >= 0.6 is 0 Å². The van der Waals surface area contributed by atoms with Gasteiger partial charge in [0.2, 0.25) is 0 Å². The van der Waals surface area contributed by atoms with Gasteiger partial charge in [-0.15, -0.1) is 0 Å². The third kappa shape index (κ3) is 4.41. The molecule has 0 saturated heterocycles. The van der Waals surface area contributed by atoms with Gasteiger partial charge in [0.05, 0.1) is 27.6 Å². The number of aromatic amines is 1. The molecule has 3 heterocycles. The smallest absolute Gasteiger partial charge is 0.270 e. The second-order valence-electron chi connectivity index (χ2n) is 8.24. The first-order valence-corrected chi connectivity index (χ1v) is 10.9. The lowest BCUT2D eigenvalue weighted by Gasteiger charge is -2.27. The molecule has 9 heteroatoms. The van der Waals surface area contributed by atoms with E-state index >= 15 is 0 Å². The van der Waals surface area contributed by atoms with E-state index in [0.29, 0.717) is 47.8 Å². The summed E-state index contributed by atoms with van der Waals surface area (Å²) < 4.78 is 0. The molecule has 3 N–H and O–H groups in total. The number of pyridine rings is 1. The van der Waals surface area contributed by atoms with Crippen molar-refractivity contribution >= 4 is 11.4 Å². The number of nitrogens with two attached hydrogens (primary N) is 1. The monoisotopic (exact) mass is 454 g/mol. The third-order valence-electron chi connectivity index (χ3n) is 5.88. The van der Waals surface area contributed by atoms with E-state index in [-0.39, 0.29) is 11.2 Å². The standard InChI is InChI=1S/C25H22N6O3/c26-18-9-7-16(8-10-18)24-28-23-11-12-30(15-21(23)25(32)29-24)14-19-4-2-6-22(27-19)17-3-1-5-20(13-17)31(33)34/h1-10,13H,11-12,14-15,26H2,(H,28,29,32). The Morgan fingerprint density at radius 2 is 1.82 bits per heavy atom. The summed E-state index contributed by atoms with van der Waals surface area (Å²) in [7, 11) is 0. The van der Waals surface area contributed by atoms with Crippen molar-refractivity contribution in [2.45, 2.75) is 19.5 Å². The molecule has 0 fully saturated rings. The van der Waals surface area contributed by atoms with Crippen LogP contribution in [0.25, 0.3) is 22.6 Å². The van der Waals surface area contributed by atoms with Gasteiger partial charge in [0, 0.05) is 55.0 Å². The van der Waals surface area contributed by atoms with E-state index in [9.17, 15) is 14.9 Å². The number of nitro benzene ring substituents is 1. The zero-order valence-corrected chi connectivity index (χ0v) is 18.3. The van der Waals surface area contributed by atoms with Crippen molar-refractivity contribution in [3.05, 3.63) is 104 Å². The molecule has 0 unspecified atom stereocenters. The van der Waals surface area contributed by atoms with E-state index in [2.05, 4.69) is 9.88 Å². The minimum Gasteiger partial charge on any atom is -0.399 e. The Hall–Kier alpha value is -4.37. The van der Waals surface area contributed by atoms with Crippen LogP contribution in [0.5, 0.6) is 0 Å². The number of nitrogen functional groups attached to an aromatic ring is 1. The van der Waals surface area contributed by atoms with Crippen molar-refractivity contribution in [1.29, 1.82) is 0 Å². The van der Waals surface area contributed by atoms with Crippen molar-refractivity contribution in [2.75, 3.05) is 12.3 Å². The number of anilines is 1. The summed E-state index contributed by atoms with van der Waals surface area (Å²) >= 11 is 0. The SMILES string of the molecule is Nc1ccc(-c2nc3c(c(=O)[nH]2)CN(Cc2cccc(-c4cccc([N+](=O)[O-])c4)n2)CC3)cc1. The molecular formula is C25H22N6O3. The Labute approximate surface area is 195 Å². The number of hydrogen-bond donors (Lipinski definition) is 2. The normalized spacial score (nSPS) is 13.4. The summed E-state index contributed by atoms with van der Waals surface area (Å²) in [6, 6.07) is 19.3. The maximum absolute atomic E-state index is 12.8. The van der Waals surface area contributed by atoms with Gasteiger partial charge >= 0.3 is 0 Å². The van der Waals surface area contributed by atoms with Gasteiger partial charge in [-0.2, -0.15) is 0 Å². The van der Waals surface area contributed by atoms with E-state index in [4.69, 9.17) is 15.7 Å². The minimum absolute atomic E-state index is 0.0300. The topological polar surface area (TPSA) is 131 Å². The summed E-state index contributed by atoms with van der Waals surface area (Å²) in [5, 5.41) is 11.1. The van der Waals surface area contributed by atoms with Gasteiger partial charge in [-0.05, 0) is 36.4 Å². The van der Waals surface area contributed by atoms with Crippen LogP contribution in [0, 0.1) is 10.1 Å². The molecule has 2 aromatic heterocycles. The molecule has 0 bridgehead atoms. The molecule has 4 aromatic rings. The maximum atomic E-state index is 12.8. The third-order valence-corrected chi connectivity index (χ3v) is 5.88. The molecule has 0 amide bonds. The van der Waals surface area contributed by atoms with Gasteiger partial charge in [-0.25, -0.2) is 4.98 Å². The van der Waals surface area contributed by atoms with E-state index < -0.39 is 4.92 Å². The molecule has 34 heavy (non-hydrogen) atoms. The molecule has 170 valence electrons. The fraction of sp³-hybridized carbons (Fsp3) is 0.160. The summed E-state index contributed by atoms with van der Waals surface area (Å²) in [6.07, 6.45) is 0.659. The Morgan fingerprint density at radius 3 is 2.62 bits per heavy atom. The number of rotatable bonds is 5. The fourth-order valence-corrected chi connectivity index (χ4v) is 4.13. The van der Waals surface area contributed by atoms with Crippen molar-refractivity contribution in [3.8, 4) is 22.6 Å². The number of H-pyrrole nitrogens is 1. The van der Waals surface area contributed by atoms with Gasteiger partial charge < -0.3 is 10.7 Å². The predicted molar refractivity (Wildman–Crippen MR) is 129 cm³/mol. The number of non-ortho nitro benzene ring substituents is 1. The molecule has 5 rings (SSSR count). The van der Waals surface area contributed by atoms with Gasteiger partial charge in [0.15, 0.2) is 0 Å². The Balaban J connectivity index is 1.35. The average Bonchev–Trinajstić information content (AvgIpc) is 2.85. The number of nitro groups is 1. The van der Waals surface area contributed by atoms with E-state index in [1.165, 1.54) is 12.1 Å². The minimum atomic E-state index is -0.414. The van der Waals surface area contributed by atoms with Crippen LogP contribution in [0.1, 0.15) is 17.0 Å². The molecule has 0 atom stereocenters. The van der Waals surface area contributed by atoms with E-state index in [1.807, 2.05) is 30.3 Å². The van der Waals surface area contributed by atoms with Crippen LogP contribution in [-0.4, -0.2) is 31.3 Å². The summed E-state index contributed by atoms with van der Waals surface area (Å²) in [5.74, 6) is 0.545. The Morgan fingerprint density at radius 1 is 1.03 bits per heavy atom. The van der Waals surface area contributed by atoms with Crippen LogP contribution in [0.3, 0.4) is 0 Å². The first-order chi connectivity index (χ1) is 16.5. The maximum Gasteiger partial charge on any atom is 0.270 e. The highest BCUT2D eigenvalue weighted by Gasteiger charge is 2.22. The van der Waals surface area contributed by atoms with Gasteiger partial charge in [-0.3, -0.25) is 24.8 Å². The largest absolute Gasteiger partial charge is 0.399 e. The summed E-state index contributed by atoms with van der Waals surface area (Å²) in [6.45, 7) is 1.77. The Kier molecular flexibility index (Phi) is 5.60. The summed E-state index contributed by atoms with van der Waals surface area (Å²) in [4.78, 5) is 38.0. The first-order valence-electron chi connectivity index (χ1n) is 10.9. The highest BCUT2D eigenvalue weighted by molar-refractivity contribution is 5.62. The quantitative estimate of drug-likeness (QED) is 0.268. The van der Waals surface area contributed by atoms with Crippen LogP contribution in [0.4, 0.5) is 11.4 Å². The van der Waals surface area contributed by atoms with Crippen LogP contribution in [0.15, 0.2) is 71.5 Å². The van der Waals surface area contributed by atoms with Crippen LogP contribution in [-0.2, 0) is 19.5 Å². The zero-order chi connectivity index (χ0) is 23.7. The molecule has 2 aromatic carbocycles. The number of aromatic nitrogens is 3. The number of benzene rings is 2. The number of nitrogens with one attached hydrogen (secondary N) is 1. The van der Waals surface area contributed by atoms with E-state index in [0.717, 1.165) is 23.5 Å². The molecule has 9 nitrogen and oxygen atoms in total. The molecule has 1 aliphatic rings. The Bertz CT molecular complexity index is 1430. The van der Waals surface area contributed by atoms with Crippen molar-refractivity contribution in [1.82, 2.24) is 19.9 Å². The van der Waals surface area contributed by atoms with Gasteiger partial charge in [-0.1, -0.05) is 18.2 Å². The van der Waals surface area contributed by atoms with Gasteiger partial charge in [0.1, 0.15) is 5.82 Å². The van der Waals surface area contributed by atoms with Crippen molar-refractivity contribution in [3.63, 3.8) is 0 Å². The number of hydrogen-bond acceptors (Lipinski definition) is 7. The lowest BCUT2D eigenvalue weighted by molar-refractivity contribution is -0.384. The second-order valence-corrected chi connectivity index (χ2v) is 8.24. The number of nitrogens with zero attached hydrogens (tertiary/aromatic N) is 4. The zero-order valence-electron chi connectivity index (χ0n) is 18.3. The first kappa shape index (κ1) is 21.5. The van der Waals surface area contributed by atoms with Crippen LogP contribution in [0.2, 0.25) is 0 Å².